The van der Waals surface area contributed by atoms with Crippen LogP contribution in [0.25, 0.3) is 12.2 Å². The Kier molecular flexibility index (Phi) is 5.20. The summed E-state index contributed by atoms with van der Waals surface area (Å²) in [4.78, 5) is 11.9. The molecule has 1 heterocycles. The molecule has 0 atom stereocenters. The van der Waals surface area contributed by atoms with Gasteiger partial charge >= 0.3 is 6.03 Å². The van der Waals surface area contributed by atoms with Crippen molar-refractivity contribution < 1.29 is 4.79 Å². The molecule has 24 heavy (non-hydrogen) atoms. The molecule has 120 valence electrons. The molecule has 0 spiro atoms. The van der Waals surface area contributed by atoms with E-state index in [0.29, 0.717) is 20.8 Å². The quantitative estimate of drug-likeness (QED) is 0.690. The number of rotatable bonds is 4. The molecule has 3 rings (SSSR count). The molecule has 3 aromatic rings. The van der Waals surface area contributed by atoms with E-state index in [1.165, 1.54) is 11.3 Å². The van der Waals surface area contributed by atoms with E-state index in [9.17, 15) is 4.79 Å². The molecule has 7 heteroatoms. The predicted molar refractivity (Wildman–Crippen MR) is 99.4 cm³/mol. The molecule has 0 bridgehead atoms. The first kappa shape index (κ1) is 16.2. The van der Waals surface area contributed by atoms with Gasteiger partial charge in [-0.1, -0.05) is 65.4 Å². The first-order valence-electron chi connectivity index (χ1n) is 7.09. The van der Waals surface area contributed by atoms with Crippen LogP contribution in [0.1, 0.15) is 10.6 Å². The Labute approximate surface area is 148 Å². The normalized spacial score (nSPS) is 10.7. The molecule has 0 aliphatic rings. The van der Waals surface area contributed by atoms with Crippen molar-refractivity contribution in [1.29, 1.82) is 0 Å². The van der Waals surface area contributed by atoms with Crippen LogP contribution >= 0.6 is 22.9 Å². The SMILES string of the molecule is O=C(Nc1cccc(Cl)c1)Nc1nnc(C=Cc2ccccc2)s1. The maximum Gasteiger partial charge on any atom is 0.325 e. The van der Waals surface area contributed by atoms with Crippen LogP contribution in [0.2, 0.25) is 5.02 Å². The van der Waals surface area contributed by atoms with Crippen LogP contribution in [0.15, 0.2) is 54.6 Å². The third kappa shape index (κ3) is 4.65. The fraction of sp³-hybridized carbons (Fsp3) is 0. The summed E-state index contributed by atoms with van der Waals surface area (Å²) in [5.41, 5.74) is 1.68. The highest BCUT2D eigenvalue weighted by atomic mass is 35.5. The number of anilines is 2. The zero-order valence-corrected chi connectivity index (χ0v) is 14.0. The second-order valence-corrected chi connectivity index (χ2v) is 6.22. The minimum Gasteiger partial charge on any atom is -0.308 e. The van der Waals surface area contributed by atoms with Gasteiger partial charge in [-0.25, -0.2) is 4.79 Å². The molecule has 2 aromatic carbocycles. The molecule has 2 N–H and O–H groups in total. The highest BCUT2D eigenvalue weighted by Crippen LogP contribution is 2.19. The summed E-state index contributed by atoms with van der Waals surface area (Å²) in [6.45, 7) is 0. The molecule has 0 fully saturated rings. The zero-order chi connectivity index (χ0) is 16.8. The third-order valence-corrected chi connectivity index (χ3v) is 4.00. The summed E-state index contributed by atoms with van der Waals surface area (Å²) < 4.78 is 0. The number of hydrogen-bond donors (Lipinski definition) is 2. The Balaban J connectivity index is 1.59. The number of nitrogens with one attached hydrogen (secondary N) is 2. The summed E-state index contributed by atoms with van der Waals surface area (Å²) in [6.07, 6.45) is 3.80. The molecule has 0 unspecified atom stereocenters. The number of amides is 2. The van der Waals surface area contributed by atoms with Crippen molar-refractivity contribution in [3.63, 3.8) is 0 Å². The number of nitrogens with zero attached hydrogens (tertiary/aromatic N) is 2. The standard InChI is InChI=1S/C17H13ClN4OS/c18-13-7-4-8-14(11-13)19-16(23)20-17-22-21-15(24-17)10-9-12-5-2-1-3-6-12/h1-11H,(H2,19,20,22,23). The Morgan fingerprint density at radius 2 is 1.83 bits per heavy atom. The Hall–Kier alpha value is -2.70. The summed E-state index contributed by atoms with van der Waals surface area (Å²) in [6, 6.07) is 16.4. The molecule has 2 amide bonds. The first-order chi connectivity index (χ1) is 11.7. The molecule has 1 aromatic heterocycles. The zero-order valence-electron chi connectivity index (χ0n) is 12.4. The van der Waals surface area contributed by atoms with Gasteiger partial charge in [0.2, 0.25) is 5.13 Å². The summed E-state index contributed by atoms with van der Waals surface area (Å²) >= 11 is 7.16. The van der Waals surface area contributed by atoms with E-state index < -0.39 is 6.03 Å². The highest BCUT2D eigenvalue weighted by molar-refractivity contribution is 7.16. The van der Waals surface area contributed by atoms with E-state index in [4.69, 9.17) is 11.6 Å². The maximum absolute atomic E-state index is 11.9. The average molecular weight is 357 g/mol. The average Bonchev–Trinajstić information content (AvgIpc) is 3.01. The Morgan fingerprint density at radius 3 is 2.62 bits per heavy atom. The summed E-state index contributed by atoms with van der Waals surface area (Å²) in [5, 5.41) is 15.0. The van der Waals surface area contributed by atoms with Crippen molar-refractivity contribution in [2.75, 3.05) is 10.6 Å². The van der Waals surface area contributed by atoms with Crippen LogP contribution in [-0.2, 0) is 0 Å². The van der Waals surface area contributed by atoms with Gasteiger partial charge in [-0.15, -0.1) is 10.2 Å². The number of carbonyl (C=O) groups is 1. The Bertz CT molecular complexity index is 864. The van der Waals surface area contributed by atoms with Gasteiger partial charge in [0.1, 0.15) is 5.01 Å². The topological polar surface area (TPSA) is 66.9 Å². The van der Waals surface area contributed by atoms with Crippen molar-refractivity contribution in [1.82, 2.24) is 10.2 Å². The number of urea groups is 1. The fourth-order valence-corrected chi connectivity index (χ4v) is 2.74. The number of benzene rings is 2. The van der Waals surface area contributed by atoms with E-state index in [-0.39, 0.29) is 0 Å². The lowest BCUT2D eigenvalue weighted by atomic mass is 10.2. The van der Waals surface area contributed by atoms with Crippen LogP contribution in [0.4, 0.5) is 15.6 Å². The smallest absolute Gasteiger partial charge is 0.308 e. The monoisotopic (exact) mass is 356 g/mol. The van der Waals surface area contributed by atoms with Gasteiger partial charge in [0.25, 0.3) is 0 Å². The van der Waals surface area contributed by atoms with Crippen molar-refractivity contribution in [3.05, 3.63) is 70.2 Å². The second kappa shape index (κ2) is 7.72. The number of aromatic nitrogens is 2. The Morgan fingerprint density at radius 1 is 1.00 bits per heavy atom. The van der Waals surface area contributed by atoms with E-state index >= 15 is 0 Å². The molecular weight excluding hydrogens is 344 g/mol. The van der Waals surface area contributed by atoms with E-state index in [0.717, 1.165) is 5.56 Å². The minimum atomic E-state index is -0.396. The molecular formula is C17H13ClN4OS. The fourth-order valence-electron chi connectivity index (χ4n) is 1.91. The molecule has 0 saturated heterocycles. The molecule has 0 aliphatic heterocycles. The predicted octanol–water partition coefficient (Wildman–Crippen LogP) is 5.01. The van der Waals surface area contributed by atoms with Crippen molar-refractivity contribution in [3.8, 4) is 0 Å². The van der Waals surface area contributed by atoms with Crippen molar-refractivity contribution in [2.24, 2.45) is 0 Å². The summed E-state index contributed by atoms with van der Waals surface area (Å²) in [7, 11) is 0. The van der Waals surface area contributed by atoms with Crippen LogP contribution in [0.3, 0.4) is 0 Å². The number of hydrogen-bond acceptors (Lipinski definition) is 4. The van der Waals surface area contributed by atoms with Crippen molar-refractivity contribution >= 4 is 51.9 Å². The minimum absolute atomic E-state index is 0.396. The first-order valence-corrected chi connectivity index (χ1v) is 8.29. The van der Waals surface area contributed by atoms with Gasteiger partial charge in [0.15, 0.2) is 0 Å². The van der Waals surface area contributed by atoms with Gasteiger partial charge in [-0.05, 0) is 29.8 Å². The molecule has 0 radical (unpaired) electrons. The highest BCUT2D eigenvalue weighted by Gasteiger charge is 2.07. The molecule has 0 aliphatic carbocycles. The van der Waals surface area contributed by atoms with Gasteiger partial charge in [-0.3, -0.25) is 5.32 Å². The van der Waals surface area contributed by atoms with Crippen LogP contribution in [0, 0.1) is 0 Å². The lowest BCUT2D eigenvalue weighted by Crippen LogP contribution is -2.19. The third-order valence-electron chi connectivity index (χ3n) is 2.96. The lowest BCUT2D eigenvalue weighted by Gasteiger charge is -2.04. The largest absolute Gasteiger partial charge is 0.325 e. The molecule has 0 saturated carbocycles. The molecule has 5 nitrogen and oxygen atoms in total. The van der Waals surface area contributed by atoms with Crippen LogP contribution in [0.5, 0.6) is 0 Å². The maximum atomic E-state index is 11.9. The van der Waals surface area contributed by atoms with Crippen molar-refractivity contribution in [2.45, 2.75) is 0 Å². The van der Waals surface area contributed by atoms with E-state index in [1.807, 2.05) is 42.5 Å². The van der Waals surface area contributed by atoms with Crippen LogP contribution in [-0.4, -0.2) is 16.2 Å². The lowest BCUT2D eigenvalue weighted by molar-refractivity contribution is 0.262. The number of carbonyl (C=O) groups excluding carboxylic acids is 1. The van der Waals surface area contributed by atoms with Gasteiger partial charge in [0, 0.05) is 10.7 Å². The van der Waals surface area contributed by atoms with E-state index in [1.54, 1.807) is 24.3 Å². The van der Waals surface area contributed by atoms with Gasteiger partial charge in [0.05, 0.1) is 0 Å². The van der Waals surface area contributed by atoms with Gasteiger partial charge < -0.3 is 5.32 Å². The van der Waals surface area contributed by atoms with Crippen LogP contribution < -0.4 is 10.6 Å². The van der Waals surface area contributed by atoms with Gasteiger partial charge in [-0.2, -0.15) is 0 Å². The second-order valence-electron chi connectivity index (χ2n) is 4.78. The number of halogens is 1. The summed E-state index contributed by atoms with van der Waals surface area (Å²) in [5.74, 6) is 0. The van der Waals surface area contributed by atoms with E-state index in [2.05, 4.69) is 20.8 Å².